The van der Waals surface area contributed by atoms with Gasteiger partial charge in [0.1, 0.15) is 16.5 Å². The zero-order chi connectivity index (χ0) is 12.7. The highest BCUT2D eigenvalue weighted by atomic mass is 32.1. The molecule has 18 heavy (non-hydrogen) atoms. The van der Waals surface area contributed by atoms with Crippen molar-refractivity contribution < 1.29 is 0 Å². The van der Waals surface area contributed by atoms with E-state index in [1.165, 1.54) is 6.33 Å². The Bertz CT molecular complexity index is 750. The van der Waals surface area contributed by atoms with E-state index in [0.717, 1.165) is 11.2 Å². The van der Waals surface area contributed by atoms with Crippen LogP contribution in [-0.4, -0.2) is 29.7 Å². The lowest BCUT2D eigenvalue weighted by atomic mass is 10.1. The fourth-order valence-electron chi connectivity index (χ4n) is 1.79. The summed E-state index contributed by atoms with van der Waals surface area (Å²) < 4.78 is 2.46. The van der Waals surface area contributed by atoms with E-state index in [1.807, 2.05) is 6.07 Å². The van der Waals surface area contributed by atoms with Crippen molar-refractivity contribution in [3.8, 4) is 5.82 Å². The van der Waals surface area contributed by atoms with Crippen LogP contribution in [-0.2, 0) is 0 Å². The van der Waals surface area contributed by atoms with Crippen molar-refractivity contribution in [2.24, 2.45) is 0 Å². The summed E-state index contributed by atoms with van der Waals surface area (Å²) in [5.41, 5.74) is 2.47. The third kappa shape index (κ3) is 1.63. The average Bonchev–Trinajstić information content (AvgIpc) is 2.94. The topological polar surface area (TPSA) is 75.2 Å². The Morgan fingerprint density at radius 1 is 1.28 bits per heavy atom. The van der Waals surface area contributed by atoms with E-state index in [-0.39, 0.29) is 0 Å². The Labute approximate surface area is 108 Å². The number of rotatable bonds is 2. The molecule has 0 saturated carbocycles. The third-order valence-corrected chi connectivity index (χ3v) is 3.08. The third-order valence-electron chi connectivity index (χ3n) is 2.78. The molecule has 0 bridgehead atoms. The minimum Gasteiger partial charge on any atom is -0.340 e. The maximum atomic E-state index is 5.35. The predicted molar refractivity (Wildman–Crippen MR) is 70.3 cm³/mol. The average molecular weight is 260 g/mol. The van der Waals surface area contributed by atoms with Crippen LogP contribution in [0.5, 0.6) is 0 Å². The summed E-state index contributed by atoms with van der Waals surface area (Å²) in [4.78, 5) is 15.5. The second-order valence-electron chi connectivity index (χ2n) is 4.34. The monoisotopic (exact) mass is 260 g/mol. The molecule has 0 amide bonds. The number of nitrogens with zero attached hydrogens (tertiary/aromatic N) is 4. The van der Waals surface area contributed by atoms with Crippen LogP contribution < -0.4 is 0 Å². The highest BCUT2D eigenvalue weighted by Crippen LogP contribution is 2.18. The number of hydrogen-bond donors (Lipinski definition) is 2. The van der Waals surface area contributed by atoms with Gasteiger partial charge in [0, 0.05) is 5.69 Å². The first-order chi connectivity index (χ1) is 8.66. The molecule has 3 rings (SSSR count). The van der Waals surface area contributed by atoms with E-state index in [9.17, 15) is 0 Å². The van der Waals surface area contributed by atoms with E-state index in [2.05, 4.69) is 38.9 Å². The number of H-pyrrole nitrogens is 2. The Balaban J connectivity index is 2.26. The highest BCUT2D eigenvalue weighted by molar-refractivity contribution is 7.71. The molecule has 0 aliphatic carbocycles. The molecule has 0 atom stereocenters. The summed E-state index contributed by atoms with van der Waals surface area (Å²) in [6.07, 6.45) is 3.08. The van der Waals surface area contributed by atoms with Gasteiger partial charge in [0.05, 0.1) is 6.33 Å². The number of nitrogens with one attached hydrogen (secondary N) is 2. The molecule has 0 aromatic carbocycles. The molecule has 0 aliphatic rings. The minimum absolute atomic E-state index is 0.382. The molecule has 3 heterocycles. The molecule has 92 valence electrons. The number of imidazole rings is 1. The van der Waals surface area contributed by atoms with Gasteiger partial charge in [-0.3, -0.25) is 5.10 Å². The van der Waals surface area contributed by atoms with Crippen molar-refractivity contribution in [2.45, 2.75) is 19.8 Å². The Hall–Kier alpha value is -2.02. The summed E-state index contributed by atoms with van der Waals surface area (Å²) in [5, 5.41) is 3.25. The van der Waals surface area contributed by atoms with Gasteiger partial charge in [-0.2, -0.15) is 0 Å². The molecule has 0 spiro atoms. The Morgan fingerprint density at radius 2 is 2.11 bits per heavy atom. The van der Waals surface area contributed by atoms with Gasteiger partial charge in [-0.15, -0.1) is 0 Å². The Kier molecular flexibility index (Phi) is 2.48. The molecule has 3 aromatic rings. The number of aromatic nitrogens is 6. The van der Waals surface area contributed by atoms with Crippen LogP contribution >= 0.6 is 12.2 Å². The summed E-state index contributed by atoms with van der Waals surface area (Å²) in [7, 11) is 0. The van der Waals surface area contributed by atoms with Crippen molar-refractivity contribution >= 4 is 23.4 Å². The zero-order valence-electron chi connectivity index (χ0n) is 10.0. The van der Waals surface area contributed by atoms with E-state index >= 15 is 0 Å². The van der Waals surface area contributed by atoms with Crippen LogP contribution in [0, 0.1) is 4.64 Å². The van der Waals surface area contributed by atoms with Crippen molar-refractivity contribution in [1.29, 1.82) is 0 Å². The summed E-state index contributed by atoms with van der Waals surface area (Å²) in [6.45, 7) is 4.22. The molecule has 3 aromatic heterocycles. The number of aromatic amines is 2. The van der Waals surface area contributed by atoms with E-state index in [0.29, 0.717) is 22.0 Å². The number of fused-ring (bicyclic) bond motifs is 1. The lowest BCUT2D eigenvalue weighted by Gasteiger charge is -2.04. The van der Waals surface area contributed by atoms with Crippen LogP contribution in [0.3, 0.4) is 0 Å². The minimum atomic E-state index is 0.382. The molecular weight excluding hydrogens is 248 g/mol. The van der Waals surface area contributed by atoms with Crippen molar-refractivity contribution in [1.82, 2.24) is 29.7 Å². The highest BCUT2D eigenvalue weighted by Gasteiger charge is 2.11. The molecule has 0 unspecified atom stereocenters. The van der Waals surface area contributed by atoms with Gasteiger partial charge in [-0.1, -0.05) is 26.1 Å². The molecule has 2 N–H and O–H groups in total. The largest absolute Gasteiger partial charge is 0.340 e. The smallest absolute Gasteiger partial charge is 0.182 e. The van der Waals surface area contributed by atoms with Crippen LogP contribution in [0.4, 0.5) is 0 Å². The first-order valence-corrected chi connectivity index (χ1v) is 6.04. The molecule has 0 radical (unpaired) electrons. The molecular formula is C11H12N6S. The summed E-state index contributed by atoms with van der Waals surface area (Å²) in [6, 6.07) is 1.95. The summed E-state index contributed by atoms with van der Waals surface area (Å²) >= 11 is 5.35. The van der Waals surface area contributed by atoms with Crippen molar-refractivity contribution in [3.05, 3.63) is 29.1 Å². The maximum Gasteiger partial charge on any atom is 0.182 e. The van der Waals surface area contributed by atoms with Gasteiger partial charge in [-0.05, 0) is 12.0 Å². The van der Waals surface area contributed by atoms with Gasteiger partial charge in [-0.25, -0.2) is 19.6 Å². The number of hydrogen-bond acceptors (Lipinski definition) is 4. The molecule has 0 fully saturated rings. The van der Waals surface area contributed by atoms with Gasteiger partial charge >= 0.3 is 0 Å². The maximum absolute atomic E-state index is 5.35. The zero-order valence-corrected chi connectivity index (χ0v) is 10.8. The van der Waals surface area contributed by atoms with Gasteiger partial charge in [0.2, 0.25) is 0 Å². The lowest BCUT2D eigenvalue weighted by molar-refractivity contribution is 0.755. The van der Waals surface area contributed by atoms with Crippen LogP contribution in [0.15, 0.2) is 18.7 Å². The van der Waals surface area contributed by atoms with E-state index in [4.69, 9.17) is 12.2 Å². The standard InChI is InChI=1S/C11H12N6S/c1-6(2)7-3-8(18)17(16-7)11-9-10(13-4-12-9)14-5-15-11/h3-6,16H,1-2H3,(H,12,13,14,15). The van der Waals surface area contributed by atoms with Crippen LogP contribution in [0.2, 0.25) is 0 Å². The predicted octanol–water partition coefficient (Wildman–Crippen LogP) is 2.32. The van der Waals surface area contributed by atoms with Crippen molar-refractivity contribution in [3.63, 3.8) is 0 Å². The second kappa shape index (κ2) is 4.02. The van der Waals surface area contributed by atoms with Gasteiger partial charge in [0.25, 0.3) is 0 Å². The van der Waals surface area contributed by atoms with E-state index in [1.54, 1.807) is 11.0 Å². The van der Waals surface area contributed by atoms with Crippen LogP contribution in [0.1, 0.15) is 25.5 Å². The normalized spacial score (nSPS) is 11.5. The van der Waals surface area contributed by atoms with Gasteiger partial charge < -0.3 is 4.98 Å². The second-order valence-corrected chi connectivity index (χ2v) is 4.76. The summed E-state index contributed by atoms with van der Waals surface area (Å²) in [5.74, 6) is 1.07. The SMILES string of the molecule is CC(C)c1cc(=S)n(-c2ncnc3nc[nH]c23)[nH]1. The first-order valence-electron chi connectivity index (χ1n) is 5.63. The quantitative estimate of drug-likeness (QED) is 0.693. The van der Waals surface area contributed by atoms with Crippen molar-refractivity contribution in [2.75, 3.05) is 0 Å². The first kappa shape index (κ1) is 11.1. The fraction of sp³-hybridized carbons (Fsp3) is 0.273. The van der Waals surface area contributed by atoms with E-state index < -0.39 is 0 Å². The molecule has 0 saturated heterocycles. The fourth-order valence-corrected chi connectivity index (χ4v) is 2.05. The Morgan fingerprint density at radius 3 is 2.83 bits per heavy atom. The molecule has 0 aliphatic heterocycles. The molecule has 6 nitrogen and oxygen atoms in total. The van der Waals surface area contributed by atoms with Gasteiger partial charge in [0.15, 0.2) is 11.5 Å². The molecule has 7 heteroatoms. The van der Waals surface area contributed by atoms with Crippen LogP contribution in [0.25, 0.3) is 17.0 Å². The lowest BCUT2D eigenvalue weighted by Crippen LogP contribution is -2.02.